The third-order valence-corrected chi connectivity index (χ3v) is 5.69. The van der Waals surface area contributed by atoms with Crippen molar-refractivity contribution in [2.45, 2.75) is 18.1 Å². The van der Waals surface area contributed by atoms with Crippen molar-refractivity contribution in [1.82, 2.24) is 9.80 Å². The maximum absolute atomic E-state index is 13.2. The summed E-state index contributed by atoms with van der Waals surface area (Å²) < 4.78 is 18.9. The number of nitrogens with two attached hydrogens (primary N) is 1. The van der Waals surface area contributed by atoms with Crippen LogP contribution in [0.3, 0.4) is 0 Å². The fraction of sp³-hybridized carbons (Fsp3) is 0.409. The summed E-state index contributed by atoms with van der Waals surface area (Å²) in [4.78, 5) is 16.9. The Morgan fingerprint density at radius 3 is 2.54 bits per heavy atom. The average Bonchev–Trinajstić information content (AvgIpc) is 3.09. The molecular formula is C22H26FN3O2. The van der Waals surface area contributed by atoms with Crippen molar-refractivity contribution in [2.24, 2.45) is 5.73 Å². The van der Waals surface area contributed by atoms with Crippen LogP contribution in [0.4, 0.5) is 4.39 Å². The first-order chi connectivity index (χ1) is 13.6. The molecular weight excluding hydrogens is 357 g/mol. The zero-order chi connectivity index (χ0) is 19.5. The first-order valence-corrected chi connectivity index (χ1v) is 9.78. The Morgan fingerprint density at radius 1 is 1.04 bits per heavy atom. The number of amides is 1. The van der Waals surface area contributed by atoms with Gasteiger partial charge in [-0.25, -0.2) is 4.39 Å². The van der Waals surface area contributed by atoms with Crippen LogP contribution in [0.15, 0.2) is 54.6 Å². The molecule has 2 aliphatic rings. The van der Waals surface area contributed by atoms with Gasteiger partial charge < -0.3 is 15.4 Å². The van der Waals surface area contributed by atoms with Crippen LogP contribution in [0.25, 0.3) is 0 Å². The minimum absolute atomic E-state index is 0.0341. The topological polar surface area (TPSA) is 58.8 Å². The molecule has 6 heteroatoms. The predicted molar refractivity (Wildman–Crippen MR) is 105 cm³/mol. The largest absolute Gasteiger partial charge is 0.370 e. The summed E-state index contributed by atoms with van der Waals surface area (Å²) in [5.74, 6) is 0.0767. The molecule has 0 saturated carbocycles. The lowest BCUT2D eigenvalue weighted by Gasteiger charge is -2.34. The van der Waals surface area contributed by atoms with E-state index in [1.807, 2.05) is 23.1 Å². The van der Waals surface area contributed by atoms with Crippen molar-refractivity contribution in [2.75, 3.05) is 39.3 Å². The van der Waals surface area contributed by atoms with Gasteiger partial charge in [0.2, 0.25) is 5.91 Å². The van der Waals surface area contributed by atoms with Crippen molar-refractivity contribution in [3.63, 3.8) is 0 Å². The Morgan fingerprint density at radius 2 is 1.79 bits per heavy atom. The minimum atomic E-state index is -0.272. The number of nitrogens with zero attached hydrogens (tertiary/aromatic N) is 2. The van der Waals surface area contributed by atoms with E-state index >= 15 is 0 Å². The molecule has 0 aromatic heterocycles. The van der Waals surface area contributed by atoms with Crippen LogP contribution in [0.2, 0.25) is 0 Å². The quantitative estimate of drug-likeness (QED) is 0.879. The number of halogens is 1. The molecule has 1 unspecified atom stereocenters. The van der Waals surface area contributed by atoms with Crippen LogP contribution >= 0.6 is 0 Å². The number of carbonyl (C=O) groups is 1. The van der Waals surface area contributed by atoms with Gasteiger partial charge in [-0.05, 0) is 23.3 Å². The van der Waals surface area contributed by atoms with E-state index in [-0.39, 0.29) is 29.8 Å². The molecule has 0 aliphatic carbocycles. The zero-order valence-corrected chi connectivity index (χ0v) is 15.8. The van der Waals surface area contributed by atoms with Gasteiger partial charge in [0.25, 0.3) is 0 Å². The van der Waals surface area contributed by atoms with Gasteiger partial charge in [-0.1, -0.05) is 42.5 Å². The van der Waals surface area contributed by atoms with Crippen LogP contribution in [0.1, 0.15) is 23.1 Å². The SMILES string of the molecule is N[C@@H]1CN(CC(=O)N2CCOC(c3ccc(F)cc3)C2)C[C@H]1c1ccccc1. The average molecular weight is 383 g/mol. The Kier molecular flexibility index (Phi) is 5.71. The van der Waals surface area contributed by atoms with Gasteiger partial charge in [-0.3, -0.25) is 9.69 Å². The summed E-state index contributed by atoms with van der Waals surface area (Å²) in [7, 11) is 0. The van der Waals surface area contributed by atoms with Crippen molar-refractivity contribution in [3.05, 3.63) is 71.5 Å². The van der Waals surface area contributed by atoms with E-state index in [0.717, 1.165) is 18.7 Å². The van der Waals surface area contributed by atoms with E-state index in [9.17, 15) is 9.18 Å². The first kappa shape index (κ1) is 19.1. The van der Waals surface area contributed by atoms with E-state index in [0.29, 0.717) is 26.2 Å². The lowest BCUT2D eigenvalue weighted by Crippen LogP contribution is -2.46. The van der Waals surface area contributed by atoms with Gasteiger partial charge in [0.1, 0.15) is 11.9 Å². The normalized spacial score (nSPS) is 25.8. The Hall–Kier alpha value is -2.28. The number of ether oxygens (including phenoxy) is 1. The number of morpholine rings is 1. The maximum Gasteiger partial charge on any atom is 0.236 e. The highest BCUT2D eigenvalue weighted by molar-refractivity contribution is 5.78. The third kappa shape index (κ3) is 4.24. The molecule has 148 valence electrons. The molecule has 5 nitrogen and oxygen atoms in total. The number of hydrogen-bond donors (Lipinski definition) is 1. The van der Waals surface area contributed by atoms with Crippen molar-refractivity contribution < 1.29 is 13.9 Å². The summed E-state index contributed by atoms with van der Waals surface area (Å²) in [5.41, 5.74) is 8.47. The Bertz CT molecular complexity index is 799. The molecule has 3 atom stereocenters. The van der Waals surface area contributed by atoms with Gasteiger partial charge in [0, 0.05) is 31.6 Å². The molecule has 4 rings (SSSR count). The number of likely N-dealkylation sites (tertiary alicyclic amines) is 1. The Balaban J connectivity index is 1.35. The molecule has 1 amide bonds. The van der Waals surface area contributed by atoms with Gasteiger partial charge in [0.15, 0.2) is 0 Å². The van der Waals surface area contributed by atoms with E-state index < -0.39 is 0 Å². The fourth-order valence-corrected chi connectivity index (χ4v) is 4.14. The van der Waals surface area contributed by atoms with Crippen LogP contribution in [-0.2, 0) is 9.53 Å². The highest BCUT2D eigenvalue weighted by Crippen LogP contribution is 2.27. The first-order valence-electron chi connectivity index (χ1n) is 9.78. The molecule has 0 bridgehead atoms. The van der Waals surface area contributed by atoms with Gasteiger partial charge in [0.05, 0.1) is 19.7 Å². The summed E-state index contributed by atoms with van der Waals surface area (Å²) in [6, 6.07) is 16.6. The summed E-state index contributed by atoms with van der Waals surface area (Å²) in [6.45, 7) is 3.44. The molecule has 2 fully saturated rings. The molecule has 28 heavy (non-hydrogen) atoms. The number of benzene rings is 2. The molecule has 2 saturated heterocycles. The van der Waals surface area contributed by atoms with E-state index in [2.05, 4.69) is 17.0 Å². The minimum Gasteiger partial charge on any atom is -0.370 e. The van der Waals surface area contributed by atoms with Crippen LogP contribution < -0.4 is 5.73 Å². The molecule has 2 aliphatic heterocycles. The summed E-state index contributed by atoms with van der Waals surface area (Å²) >= 11 is 0. The Labute approximate surface area is 164 Å². The van der Waals surface area contributed by atoms with Crippen molar-refractivity contribution >= 4 is 5.91 Å². The van der Waals surface area contributed by atoms with Gasteiger partial charge in [-0.15, -0.1) is 0 Å². The van der Waals surface area contributed by atoms with Crippen molar-refractivity contribution in [3.8, 4) is 0 Å². The molecule has 2 N–H and O–H groups in total. The predicted octanol–water partition coefficient (Wildman–Crippen LogP) is 2.15. The second-order valence-corrected chi connectivity index (χ2v) is 7.63. The molecule has 0 spiro atoms. The zero-order valence-electron chi connectivity index (χ0n) is 15.8. The van der Waals surface area contributed by atoms with E-state index in [1.165, 1.54) is 17.7 Å². The highest BCUT2D eigenvalue weighted by Gasteiger charge is 2.33. The van der Waals surface area contributed by atoms with Gasteiger partial charge in [-0.2, -0.15) is 0 Å². The van der Waals surface area contributed by atoms with Crippen LogP contribution in [0, 0.1) is 5.82 Å². The number of carbonyl (C=O) groups excluding carboxylic acids is 1. The van der Waals surface area contributed by atoms with Crippen LogP contribution in [-0.4, -0.2) is 61.1 Å². The lowest BCUT2D eigenvalue weighted by molar-refractivity contribution is -0.140. The smallest absolute Gasteiger partial charge is 0.236 e. The standard InChI is InChI=1S/C22H26FN3O2/c23-18-8-6-17(7-9-18)21-14-26(10-11-28-21)22(27)15-25-12-19(20(24)13-25)16-4-2-1-3-5-16/h1-9,19-21H,10-15,24H2/t19-,20+,21?/m0/s1. The fourth-order valence-electron chi connectivity index (χ4n) is 4.14. The number of hydrogen-bond acceptors (Lipinski definition) is 4. The molecule has 2 heterocycles. The monoisotopic (exact) mass is 383 g/mol. The third-order valence-electron chi connectivity index (χ3n) is 5.69. The molecule has 0 radical (unpaired) electrons. The highest BCUT2D eigenvalue weighted by atomic mass is 19.1. The molecule has 2 aromatic carbocycles. The summed E-state index contributed by atoms with van der Waals surface area (Å²) in [5, 5.41) is 0. The second kappa shape index (κ2) is 8.39. The van der Waals surface area contributed by atoms with E-state index in [4.69, 9.17) is 10.5 Å². The maximum atomic E-state index is 13.2. The van der Waals surface area contributed by atoms with Gasteiger partial charge >= 0.3 is 0 Å². The molecule has 2 aromatic rings. The summed E-state index contributed by atoms with van der Waals surface area (Å²) in [6.07, 6.45) is -0.212. The van der Waals surface area contributed by atoms with Crippen molar-refractivity contribution in [1.29, 1.82) is 0 Å². The lowest BCUT2D eigenvalue weighted by atomic mass is 9.95. The van der Waals surface area contributed by atoms with Crippen LogP contribution in [0.5, 0.6) is 0 Å². The van der Waals surface area contributed by atoms with E-state index in [1.54, 1.807) is 12.1 Å². The second-order valence-electron chi connectivity index (χ2n) is 7.63. The number of rotatable bonds is 4.